The van der Waals surface area contributed by atoms with Crippen molar-refractivity contribution in [3.8, 4) is 0 Å². The van der Waals surface area contributed by atoms with Crippen LogP contribution in [0.15, 0.2) is 0 Å². The van der Waals surface area contributed by atoms with E-state index >= 15 is 0 Å². The minimum Gasteiger partial charge on any atom is -0.412 e. The van der Waals surface area contributed by atoms with Gasteiger partial charge in [-0.05, 0) is 0 Å². The molecule has 0 aliphatic carbocycles. The molecule has 13 N–H and O–H groups in total. The first-order chi connectivity index (χ1) is 1.73. The zero-order chi connectivity index (χ0) is 3.58. The summed E-state index contributed by atoms with van der Waals surface area (Å²) >= 11 is 0. The van der Waals surface area contributed by atoms with Crippen molar-refractivity contribution >= 4 is 0 Å². The second kappa shape index (κ2) is 78.7. The van der Waals surface area contributed by atoms with Crippen molar-refractivity contribution in [2.45, 2.75) is 0 Å². The first-order valence-electron chi connectivity index (χ1n) is 0.478. The first-order valence-corrected chi connectivity index (χ1v) is 1.43. The van der Waals surface area contributed by atoms with E-state index in [0.29, 0.717) is 0 Å². The van der Waals surface area contributed by atoms with Crippen molar-refractivity contribution in [1.29, 1.82) is 0 Å². The molecule has 11 heavy (non-hydrogen) atoms. The number of hydrogen-bond acceptors (Lipinski definition) is 3. The van der Waals surface area contributed by atoms with Crippen LogP contribution in [0.1, 0.15) is 0 Å². The average Bonchev–Trinajstić information content (AvgIpc) is 0.811. The third-order valence-electron chi connectivity index (χ3n) is 0. The Labute approximate surface area is 75.1 Å². The van der Waals surface area contributed by atoms with Crippen LogP contribution in [0.4, 0.5) is 0 Å². The Balaban J connectivity index is -0.00000000214. The summed E-state index contributed by atoms with van der Waals surface area (Å²) in [6.45, 7) is 0. The van der Waals surface area contributed by atoms with Gasteiger partial charge in [-0.3, -0.25) is 0 Å². The van der Waals surface area contributed by atoms with Gasteiger partial charge < -0.3 is 42.2 Å². The van der Waals surface area contributed by atoms with Crippen molar-refractivity contribution in [3.05, 3.63) is 0 Å². The van der Waals surface area contributed by atoms with E-state index in [0.717, 1.165) is 0 Å². The van der Waals surface area contributed by atoms with E-state index in [2.05, 4.69) is 0 Å². The van der Waals surface area contributed by atoms with Gasteiger partial charge in [0.1, 0.15) is 0 Å². The minimum absolute atomic E-state index is 0. The summed E-state index contributed by atoms with van der Waals surface area (Å²) in [4.78, 5) is 0. The van der Waals surface area contributed by atoms with Crippen molar-refractivity contribution in [2.24, 2.45) is 0 Å². The summed E-state index contributed by atoms with van der Waals surface area (Å²) in [6.07, 6.45) is 0. The van der Waals surface area contributed by atoms with E-state index in [9.17, 15) is 0 Å². The van der Waals surface area contributed by atoms with Gasteiger partial charge in [0.05, 0.1) is 0 Å². The summed E-state index contributed by atoms with van der Waals surface area (Å²) in [5.74, 6) is 0. The molecule has 0 aromatic rings. The third-order valence-corrected chi connectivity index (χ3v) is 0. The molecule has 11 heteroatoms. The molecular formula is H13ClCoO9. The maximum absolute atomic E-state index is 8.52. The number of rotatable bonds is 0. The minimum atomic E-state index is -2.60. The molecule has 0 saturated heterocycles. The Morgan fingerprint density at radius 1 is 0.727 bits per heavy atom. The molecule has 0 unspecified atom stereocenters. The summed E-state index contributed by atoms with van der Waals surface area (Å²) < 4.78 is 24.0. The van der Waals surface area contributed by atoms with Crippen molar-refractivity contribution in [2.75, 3.05) is 0 Å². The van der Waals surface area contributed by atoms with Gasteiger partial charge in [-0.15, -0.1) is 0 Å². The fraction of sp³-hybridized carbons (Fsp3) is 0. The summed E-state index contributed by atoms with van der Waals surface area (Å²) in [5.41, 5.74) is 0. The van der Waals surface area contributed by atoms with Gasteiger partial charge in [-0.25, -0.2) is 0 Å². The van der Waals surface area contributed by atoms with Crippen LogP contribution in [0.2, 0.25) is 0 Å². The van der Waals surface area contributed by atoms with Crippen LogP contribution >= 0.6 is 0 Å². The average molecular weight is 251 g/mol. The van der Waals surface area contributed by atoms with Crippen molar-refractivity contribution < 1.29 is 74.4 Å². The smallest absolute Gasteiger partial charge is 0.282 e. The first kappa shape index (κ1) is 105. The molecule has 0 amide bonds. The van der Waals surface area contributed by atoms with Gasteiger partial charge in [-0.2, -0.15) is 0 Å². The molecule has 0 fully saturated rings. The molecule has 0 rings (SSSR count). The second-order valence-corrected chi connectivity index (χ2v) is 0.603. The predicted molar refractivity (Wildman–Crippen MR) is 23.9 cm³/mol. The largest absolute Gasteiger partial charge is 0.412 e. The second-order valence-electron chi connectivity index (χ2n) is 0.201. The molecule has 1 radical (unpaired) electrons. The standard InChI is InChI=1S/ClHO3.Co.6H2O/c2-1(3)4;;;;;;;/h2H;;6*1H2. The number of hydrogen-bond donors (Lipinski definition) is 1. The predicted octanol–water partition coefficient (Wildman–Crippen LogP) is -7.89. The topological polar surface area (TPSA) is 255 Å². The maximum atomic E-state index is 8.52. The van der Waals surface area contributed by atoms with Gasteiger partial charge in [0.2, 0.25) is 0 Å². The van der Waals surface area contributed by atoms with Crippen molar-refractivity contribution in [3.63, 3.8) is 0 Å². The Hall–Kier alpha value is 0.436. The molecule has 0 aromatic carbocycles. The molecule has 0 aromatic heterocycles. The molecular weight excluding hydrogens is 238 g/mol. The monoisotopic (exact) mass is 251 g/mol. The fourth-order valence-corrected chi connectivity index (χ4v) is 0. The van der Waals surface area contributed by atoms with E-state index in [1.165, 1.54) is 0 Å². The van der Waals surface area contributed by atoms with Gasteiger partial charge >= 0.3 is 0 Å². The van der Waals surface area contributed by atoms with E-state index in [1.54, 1.807) is 0 Å². The molecule has 0 aliphatic rings. The molecule has 0 atom stereocenters. The van der Waals surface area contributed by atoms with Crippen LogP contribution in [0.5, 0.6) is 0 Å². The summed E-state index contributed by atoms with van der Waals surface area (Å²) in [5, 5.41) is 0. The quantitative estimate of drug-likeness (QED) is 0.440. The van der Waals surface area contributed by atoms with Crippen LogP contribution in [0, 0.1) is 10.8 Å². The van der Waals surface area contributed by atoms with Gasteiger partial charge in [0, 0.05) is 21.4 Å². The van der Waals surface area contributed by atoms with Crippen LogP contribution in [0.25, 0.3) is 0 Å². The van der Waals surface area contributed by atoms with Crippen LogP contribution in [-0.2, 0) is 16.8 Å². The van der Waals surface area contributed by atoms with E-state index < -0.39 is 10.8 Å². The molecule has 0 spiro atoms. The van der Waals surface area contributed by atoms with Gasteiger partial charge in [0.25, 0.3) is 10.8 Å². The molecule has 0 bridgehead atoms. The van der Waals surface area contributed by atoms with Crippen LogP contribution in [0.3, 0.4) is 0 Å². The third kappa shape index (κ3) is 3900. The van der Waals surface area contributed by atoms with Gasteiger partial charge in [0.15, 0.2) is 0 Å². The SMILES string of the molecule is O.O.O.O.O.O.[Co].[O-][Cl+2]([O-])O. The Morgan fingerprint density at radius 3 is 0.727 bits per heavy atom. The summed E-state index contributed by atoms with van der Waals surface area (Å²) in [7, 11) is -2.60. The normalized spacial score (nSPS) is 3.27. The van der Waals surface area contributed by atoms with E-state index in [1.807, 2.05) is 0 Å². The fourth-order valence-electron chi connectivity index (χ4n) is 0. The zero-order valence-corrected chi connectivity index (χ0v) is 6.77. The Morgan fingerprint density at radius 2 is 0.727 bits per heavy atom. The van der Waals surface area contributed by atoms with Crippen LogP contribution < -0.4 is 9.32 Å². The molecule has 0 saturated carbocycles. The van der Waals surface area contributed by atoms with Crippen LogP contribution in [-0.4, -0.2) is 37.5 Å². The molecule has 83 valence electrons. The molecule has 0 heterocycles. The zero-order valence-electron chi connectivity index (χ0n) is 4.98. The Bertz CT molecular complexity index is 14.3. The maximum Gasteiger partial charge on any atom is 0.282 e. The van der Waals surface area contributed by atoms with Gasteiger partial charge in [-0.1, -0.05) is 0 Å². The number of halogens is 1. The van der Waals surface area contributed by atoms with Crippen molar-refractivity contribution in [1.82, 2.24) is 0 Å². The summed E-state index contributed by atoms with van der Waals surface area (Å²) in [6, 6.07) is 0. The van der Waals surface area contributed by atoms with E-state index in [-0.39, 0.29) is 49.6 Å². The van der Waals surface area contributed by atoms with E-state index in [4.69, 9.17) is 14.0 Å². The Kier molecular flexibility index (Phi) is 755. The molecule has 9 nitrogen and oxygen atoms in total. The molecule has 0 aliphatic heterocycles.